The van der Waals surface area contributed by atoms with Crippen LogP contribution in [-0.2, 0) is 11.2 Å². The van der Waals surface area contributed by atoms with E-state index in [-0.39, 0.29) is 12.0 Å². The molecule has 0 atom stereocenters. The van der Waals surface area contributed by atoms with E-state index >= 15 is 0 Å². The number of halogens is 1. The first kappa shape index (κ1) is 12.2. The van der Waals surface area contributed by atoms with E-state index in [0.717, 1.165) is 0 Å². The summed E-state index contributed by atoms with van der Waals surface area (Å²) in [6, 6.07) is 4.32. The standard InChI is InChI=1S/C12H12FNO2/c1-14-6-2-3-9-4-5-10(8-12(15)16)11(13)7-9/h4-5,7,14H,6,8H2,1H3,(H,15,16). The SMILES string of the molecule is CNCC#Cc1ccc(CC(=O)O)c(F)c1. The molecule has 0 bridgehead atoms. The molecule has 3 nitrogen and oxygen atoms in total. The minimum Gasteiger partial charge on any atom is -0.481 e. The third-order valence-electron chi connectivity index (χ3n) is 1.89. The molecule has 0 saturated carbocycles. The molecule has 0 spiro atoms. The molecular weight excluding hydrogens is 209 g/mol. The molecule has 4 heteroatoms. The van der Waals surface area contributed by atoms with Gasteiger partial charge in [-0.05, 0) is 24.7 Å². The lowest BCUT2D eigenvalue weighted by Gasteiger charge is -1.99. The summed E-state index contributed by atoms with van der Waals surface area (Å²) in [5.74, 6) is 3.98. The summed E-state index contributed by atoms with van der Waals surface area (Å²) in [5.41, 5.74) is 0.716. The van der Waals surface area contributed by atoms with Crippen LogP contribution in [0.4, 0.5) is 4.39 Å². The van der Waals surface area contributed by atoms with Crippen molar-refractivity contribution >= 4 is 5.97 Å². The Morgan fingerprint density at radius 3 is 2.88 bits per heavy atom. The van der Waals surface area contributed by atoms with Crippen molar-refractivity contribution in [2.75, 3.05) is 13.6 Å². The molecule has 1 rings (SSSR count). The number of hydrogen-bond donors (Lipinski definition) is 2. The minimum atomic E-state index is -1.05. The second-order valence-electron chi connectivity index (χ2n) is 3.21. The third kappa shape index (κ3) is 3.71. The number of rotatable bonds is 3. The molecule has 0 unspecified atom stereocenters. The molecule has 0 aliphatic rings. The predicted molar refractivity (Wildman–Crippen MR) is 58.5 cm³/mol. The van der Waals surface area contributed by atoms with E-state index in [0.29, 0.717) is 12.1 Å². The number of carbonyl (C=O) groups is 1. The van der Waals surface area contributed by atoms with Crippen molar-refractivity contribution in [3.05, 3.63) is 35.1 Å². The summed E-state index contributed by atoms with van der Waals surface area (Å²) in [7, 11) is 1.77. The van der Waals surface area contributed by atoms with Gasteiger partial charge in [0.25, 0.3) is 0 Å². The summed E-state index contributed by atoms with van der Waals surface area (Å²) in [5, 5.41) is 11.4. The van der Waals surface area contributed by atoms with Gasteiger partial charge in [0, 0.05) is 5.56 Å². The van der Waals surface area contributed by atoms with Gasteiger partial charge in [0.2, 0.25) is 0 Å². The molecule has 0 amide bonds. The number of carboxylic acids is 1. The van der Waals surface area contributed by atoms with Crippen molar-refractivity contribution in [1.82, 2.24) is 5.32 Å². The molecule has 0 aliphatic heterocycles. The lowest BCUT2D eigenvalue weighted by atomic mass is 10.1. The number of carboxylic acid groups (broad SMARTS) is 1. The van der Waals surface area contributed by atoms with Crippen LogP contribution >= 0.6 is 0 Å². The monoisotopic (exact) mass is 221 g/mol. The second-order valence-corrected chi connectivity index (χ2v) is 3.21. The van der Waals surface area contributed by atoms with Crippen LogP contribution in [0, 0.1) is 17.7 Å². The Kier molecular flexibility index (Phi) is 4.49. The summed E-state index contributed by atoms with van der Waals surface area (Å²) in [6.07, 6.45) is -0.309. The normalized spacial score (nSPS) is 9.38. The van der Waals surface area contributed by atoms with Gasteiger partial charge in [-0.1, -0.05) is 17.9 Å². The van der Waals surface area contributed by atoms with Crippen molar-refractivity contribution in [3.63, 3.8) is 0 Å². The van der Waals surface area contributed by atoms with Gasteiger partial charge in [-0.25, -0.2) is 4.39 Å². The first-order valence-electron chi connectivity index (χ1n) is 4.77. The van der Waals surface area contributed by atoms with E-state index in [4.69, 9.17) is 5.11 Å². The molecule has 16 heavy (non-hydrogen) atoms. The highest BCUT2D eigenvalue weighted by molar-refractivity contribution is 5.70. The first-order valence-corrected chi connectivity index (χ1v) is 4.77. The quantitative estimate of drug-likeness (QED) is 0.749. The third-order valence-corrected chi connectivity index (χ3v) is 1.89. The fourth-order valence-corrected chi connectivity index (χ4v) is 1.17. The highest BCUT2D eigenvalue weighted by atomic mass is 19.1. The first-order chi connectivity index (χ1) is 7.63. The maximum Gasteiger partial charge on any atom is 0.307 e. The molecule has 0 fully saturated rings. The zero-order valence-corrected chi connectivity index (χ0v) is 8.88. The highest BCUT2D eigenvalue weighted by Gasteiger charge is 2.06. The van der Waals surface area contributed by atoms with Crippen LogP contribution in [0.3, 0.4) is 0 Å². The molecule has 0 aromatic heterocycles. The van der Waals surface area contributed by atoms with Crippen LogP contribution in [0.5, 0.6) is 0 Å². The van der Waals surface area contributed by atoms with E-state index in [1.165, 1.54) is 12.1 Å². The van der Waals surface area contributed by atoms with Gasteiger partial charge in [-0.2, -0.15) is 0 Å². The molecule has 1 aromatic carbocycles. The molecule has 0 radical (unpaired) electrons. The lowest BCUT2D eigenvalue weighted by molar-refractivity contribution is -0.136. The second kappa shape index (κ2) is 5.89. The van der Waals surface area contributed by atoms with Gasteiger partial charge in [-0.3, -0.25) is 4.79 Å². The van der Waals surface area contributed by atoms with Gasteiger partial charge in [0.1, 0.15) is 5.82 Å². The van der Waals surface area contributed by atoms with Crippen molar-refractivity contribution in [2.45, 2.75) is 6.42 Å². The zero-order chi connectivity index (χ0) is 12.0. The van der Waals surface area contributed by atoms with Crippen LogP contribution in [-0.4, -0.2) is 24.7 Å². The average molecular weight is 221 g/mol. The summed E-state index contributed by atoms with van der Waals surface area (Å²) in [6.45, 7) is 0.526. The molecule has 1 aromatic rings. The fraction of sp³-hybridized carbons (Fsp3) is 0.250. The fourth-order valence-electron chi connectivity index (χ4n) is 1.17. The van der Waals surface area contributed by atoms with Crippen LogP contribution in [0.1, 0.15) is 11.1 Å². The van der Waals surface area contributed by atoms with Gasteiger partial charge in [-0.15, -0.1) is 0 Å². The van der Waals surface area contributed by atoms with E-state index < -0.39 is 11.8 Å². The molecular formula is C12H12FNO2. The van der Waals surface area contributed by atoms with Gasteiger partial charge >= 0.3 is 5.97 Å². The molecule has 0 aliphatic carbocycles. The Hall–Kier alpha value is -1.86. The Bertz CT molecular complexity index is 446. The molecule has 84 valence electrons. The van der Waals surface area contributed by atoms with Crippen molar-refractivity contribution < 1.29 is 14.3 Å². The Labute approximate surface area is 93.3 Å². The Balaban J connectivity index is 2.83. The van der Waals surface area contributed by atoms with Crippen LogP contribution in [0.2, 0.25) is 0 Å². The largest absolute Gasteiger partial charge is 0.481 e. The summed E-state index contributed by atoms with van der Waals surface area (Å²) >= 11 is 0. The molecule has 0 heterocycles. The highest BCUT2D eigenvalue weighted by Crippen LogP contribution is 2.10. The average Bonchev–Trinajstić information content (AvgIpc) is 2.22. The van der Waals surface area contributed by atoms with Crippen LogP contribution in [0.25, 0.3) is 0 Å². The summed E-state index contributed by atoms with van der Waals surface area (Å²) in [4.78, 5) is 10.4. The number of hydrogen-bond acceptors (Lipinski definition) is 2. The Morgan fingerprint density at radius 1 is 1.56 bits per heavy atom. The molecule has 0 saturated heterocycles. The predicted octanol–water partition coefficient (Wildman–Crippen LogP) is 1.02. The van der Waals surface area contributed by atoms with Gasteiger partial charge in [0.05, 0.1) is 13.0 Å². The zero-order valence-electron chi connectivity index (χ0n) is 8.88. The van der Waals surface area contributed by atoms with Crippen molar-refractivity contribution in [1.29, 1.82) is 0 Å². The van der Waals surface area contributed by atoms with E-state index in [1.807, 2.05) is 0 Å². The van der Waals surface area contributed by atoms with Crippen molar-refractivity contribution in [2.24, 2.45) is 0 Å². The maximum atomic E-state index is 13.4. The number of benzene rings is 1. The number of aliphatic carboxylic acids is 1. The van der Waals surface area contributed by atoms with Crippen molar-refractivity contribution in [3.8, 4) is 11.8 Å². The van der Waals surface area contributed by atoms with Gasteiger partial charge < -0.3 is 10.4 Å². The minimum absolute atomic E-state index is 0.173. The van der Waals surface area contributed by atoms with Crippen LogP contribution < -0.4 is 5.32 Å². The maximum absolute atomic E-state index is 13.4. The smallest absolute Gasteiger partial charge is 0.307 e. The number of nitrogens with one attached hydrogen (secondary N) is 1. The van der Waals surface area contributed by atoms with Gasteiger partial charge in [0.15, 0.2) is 0 Å². The Morgan fingerprint density at radius 2 is 2.31 bits per heavy atom. The summed E-state index contributed by atoms with van der Waals surface area (Å²) < 4.78 is 13.4. The van der Waals surface area contributed by atoms with E-state index in [1.54, 1.807) is 13.1 Å². The molecule has 2 N–H and O–H groups in total. The van der Waals surface area contributed by atoms with E-state index in [9.17, 15) is 9.18 Å². The topological polar surface area (TPSA) is 49.3 Å². The van der Waals surface area contributed by atoms with Crippen LogP contribution in [0.15, 0.2) is 18.2 Å². The van der Waals surface area contributed by atoms with E-state index in [2.05, 4.69) is 17.2 Å². The lowest BCUT2D eigenvalue weighted by Crippen LogP contribution is -2.04.